The van der Waals surface area contributed by atoms with Crippen molar-refractivity contribution in [2.24, 2.45) is 5.92 Å². The monoisotopic (exact) mass is 224 g/mol. The van der Waals surface area contributed by atoms with Crippen LogP contribution in [0.2, 0.25) is 0 Å². The lowest BCUT2D eigenvalue weighted by atomic mass is 9.81. The van der Waals surface area contributed by atoms with E-state index in [2.05, 4.69) is 5.32 Å². The fourth-order valence-corrected chi connectivity index (χ4v) is 2.35. The van der Waals surface area contributed by atoms with Gasteiger partial charge in [0, 0.05) is 12.1 Å². The van der Waals surface area contributed by atoms with Gasteiger partial charge in [0.2, 0.25) is 0 Å². The lowest BCUT2D eigenvalue weighted by Gasteiger charge is -2.40. The smallest absolute Gasteiger partial charge is 0.315 e. The maximum atomic E-state index is 12.6. The average molecular weight is 224 g/mol. The first-order valence-electron chi connectivity index (χ1n) is 5.26. The van der Waals surface area contributed by atoms with Crippen LogP contribution in [0.15, 0.2) is 0 Å². The van der Waals surface area contributed by atoms with E-state index in [0.717, 1.165) is 0 Å². The molecule has 1 aliphatic carbocycles. The van der Waals surface area contributed by atoms with Crippen molar-refractivity contribution in [1.29, 1.82) is 0 Å². The number of alkyl halides is 3. The Kier molecular flexibility index (Phi) is 4.00. The standard InChI is InChI=1S/C10H19F3N2/c1-14-8-5-4-7(10(11,12)13)6-9(8)15(2)3/h7-9,14H,4-6H2,1-3H3/t7-,8+,9+/m0/s1. The molecule has 0 amide bonds. The van der Waals surface area contributed by atoms with Gasteiger partial charge in [-0.2, -0.15) is 13.2 Å². The van der Waals surface area contributed by atoms with Gasteiger partial charge in [-0.3, -0.25) is 0 Å². The molecule has 0 spiro atoms. The Morgan fingerprint density at radius 2 is 1.80 bits per heavy atom. The number of nitrogens with zero attached hydrogens (tertiary/aromatic N) is 1. The predicted molar refractivity (Wildman–Crippen MR) is 53.7 cm³/mol. The lowest BCUT2D eigenvalue weighted by molar-refractivity contribution is -0.187. The molecule has 2 nitrogen and oxygen atoms in total. The quantitative estimate of drug-likeness (QED) is 0.770. The van der Waals surface area contributed by atoms with E-state index in [4.69, 9.17) is 0 Å². The summed E-state index contributed by atoms with van der Waals surface area (Å²) in [5.74, 6) is -1.13. The zero-order valence-corrected chi connectivity index (χ0v) is 9.43. The van der Waals surface area contributed by atoms with Gasteiger partial charge < -0.3 is 10.2 Å². The summed E-state index contributed by atoms with van der Waals surface area (Å²) in [4.78, 5) is 1.89. The summed E-state index contributed by atoms with van der Waals surface area (Å²) >= 11 is 0. The maximum absolute atomic E-state index is 12.6. The van der Waals surface area contributed by atoms with Crippen LogP contribution in [-0.2, 0) is 0 Å². The minimum Gasteiger partial charge on any atom is -0.315 e. The van der Waals surface area contributed by atoms with E-state index in [9.17, 15) is 13.2 Å². The molecular formula is C10H19F3N2. The molecule has 0 aromatic rings. The van der Waals surface area contributed by atoms with Crippen molar-refractivity contribution in [3.63, 3.8) is 0 Å². The largest absolute Gasteiger partial charge is 0.391 e. The molecule has 3 atom stereocenters. The molecule has 0 aromatic carbocycles. The molecule has 15 heavy (non-hydrogen) atoms. The molecule has 0 aromatic heterocycles. The Bertz CT molecular complexity index is 203. The highest BCUT2D eigenvalue weighted by Gasteiger charge is 2.44. The molecule has 0 bridgehead atoms. The molecule has 1 N–H and O–H groups in total. The van der Waals surface area contributed by atoms with Gasteiger partial charge >= 0.3 is 6.18 Å². The zero-order valence-electron chi connectivity index (χ0n) is 9.43. The van der Waals surface area contributed by atoms with Gasteiger partial charge in [0.15, 0.2) is 0 Å². The first-order chi connectivity index (χ1) is 6.86. The summed E-state index contributed by atoms with van der Waals surface area (Å²) in [6, 6.07) is 0.161. The van der Waals surface area contributed by atoms with Gasteiger partial charge in [-0.05, 0) is 40.4 Å². The second-order valence-electron chi connectivity index (χ2n) is 4.48. The lowest BCUT2D eigenvalue weighted by Crippen LogP contribution is -2.51. The Labute approximate surface area is 88.8 Å². The Hall–Kier alpha value is -0.290. The van der Waals surface area contributed by atoms with E-state index in [1.165, 1.54) is 0 Å². The predicted octanol–water partition coefficient (Wildman–Crippen LogP) is 1.87. The molecule has 1 aliphatic rings. The molecule has 0 saturated heterocycles. The summed E-state index contributed by atoms with van der Waals surface area (Å²) in [7, 11) is 5.50. The Morgan fingerprint density at radius 1 is 1.20 bits per heavy atom. The summed E-state index contributed by atoms with van der Waals surface area (Å²) in [6.07, 6.45) is -2.97. The fraction of sp³-hybridized carbons (Fsp3) is 1.00. The summed E-state index contributed by atoms with van der Waals surface area (Å²) in [6.45, 7) is 0. The number of likely N-dealkylation sites (N-methyl/N-ethyl adjacent to an activating group) is 2. The summed E-state index contributed by atoms with van der Waals surface area (Å²) < 4.78 is 37.7. The van der Waals surface area contributed by atoms with Crippen LogP contribution in [0.4, 0.5) is 13.2 Å². The third-order valence-corrected chi connectivity index (χ3v) is 3.31. The number of halogens is 3. The number of nitrogens with one attached hydrogen (secondary N) is 1. The van der Waals surface area contributed by atoms with Crippen molar-refractivity contribution in [1.82, 2.24) is 10.2 Å². The van der Waals surface area contributed by atoms with Gasteiger partial charge in [-0.1, -0.05) is 0 Å². The minimum absolute atomic E-state index is 0.0182. The van der Waals surface area contributed by atoms with E-state index < -0.39 is 12.1 Å². The van der Waals surface area contributed by atoms with Crippen LogP contribution in [0.1, 0.15) is 19.3 Å². The van der Waals surface area contributed by atoms with Gasteiger partial charge in [0.1, 0.15) is 0 Å². The molecule has 1 rings (SSSR count). The topological polar surface area (TPSA) is 15.3 Å². The van der Waals surface area contributed by atoms with Gasteiger partial charge in [0.25, 0.3) is 0 Å². The second-order valence-corrected chi connectivity index (χ2v) is 4.48. The number of hydrogen-bond donors (Lipinski definition) is 1. The molecule has 1 saturated carbocycles. The van der Waals surface area contributed by atoms with Crippen molar-refractivity contribution in [2.75, 3.05) is 21.1 Å². The molecule has 0 aliphatic heterocycles. The van der Waals surface area contributed by atoms with Gasteiger partial charge in [-0.25, -0.2) is 0 Å². The Morgan fingerprint density at radius 3 is 2.20 bits per heavy atom. The van der Waals surface area contributed by atoms with Crippen LogP contribution < -0.4 is 5.32 Å². The highest BCUT2D eigenvalue weighted by molar-refractivity contribution is 4.90. The molecule has 90 valence electrons. The molecule has 0 unspecified atom stereocenters. The molecule has 5 heteroatoms. The highest BCUT2D eigenvalue weighted by Crippen LogP contribution is 2.38. The normalized spacial score (nSPS) is 33.4. The van der Waals surface area contributed by atoms with Crippen LogP contribution in [0, 0.1) is 5.92 Å². The molecule has 0 heterocycles. The van der Waals surface area contributed by atoms with Crippen molar-refractivity contribution in [2.45, 2.75) is 37.5 Å². The van der Waals surface area contributed by atoms with E-state index in [1.807, 2.05) is 26.0 Å². The minimum atomic E-state index is -4.03. The van der Waals surface area contributed by atoms with Crippen LogP contribution in [0.25, 0.3) is 0 Å². The maximum Gasteiger partial charge on any atom is 0.391 e. The molecular weight excluding hydrogens is 205 g/mol. The Balaban J connectivity index is 2.66. The van der Waals surface area contributed by atoms with Crippen molar-refractivity contribution < 1.29 is 13.2 Å². The fourth-order valence-electron chi connectivity index (χ4n) is 2.35. The third kappa shape index (κ3) is 3.08. The first-order valence-corrected chi connectivity index (χ1v) is 5.26. The molecule has 1 fully saturated rings. The molecule has 0 radical (unpaired) electrons. The summed E-state index contributed by atoms with van der Waals surface area (Å²) in [5.41, 5.74) is 0. The van der Waals surface area contributed by atoms with E-state index >= 15 is 0 Å². The summed E-state index contributed by atoms with van der Waals surface area (Å²) in [5, 5.41) is 3.10. The van der Waals surface area contributed by atoms with Crippen molar-refractivity contribution >= 4 is 0 Å². The van der Waals surface area contributed by atoms with Crippen molar-refractivity contribution in [3.05, 3.63) is 0 Å². The third-order valence-electron chi connectivity index (χ3n) is 3.31. The van der Waals surface area contributed by atoms with E-state index in [0.29, 0.717) is 6.42 Å². The number of hydrogen-bond acceptors (Lipinski definition) is 2. The second kappa shape index (κ2) is 4.70. The van der Waals surface area contributed by atoms with E-state index in [1.54, 1.807) is 0 Å². The van der Waals surface area contributed by atoms with Crippen LogP contribution in [-0.4, -0.2) is 44.3 Å². The van der Waals surface area contributed by atoms with E-state index in [-0.39, 0.29) is 24.9 Å². The SMILES string of the molecule is CN[C@@H]1CC[C@H](C(F)(F)F)C[C@H]1N(C)C. The van der Waals surface area contributed by atoms with Crippen molar-refractivity contribution in [3.8, 4) is 0 Å². The average Bonchev–Trinajstić information content (AvgIpc) is 2.15. The zero-order chi connectivity index (χ0) is 11.6. The van der Waals surface area contributed by atoms with Crippen LogP contribution in [0.3, 0.4) is 0 Å². The first kappa shape index (κ1) is 12.8. The number of rotatable bonds is 2. The van der Waals surface area contributed by atoms with Crippen LogP contribution >= 0.6 is 0 Å². The van der Waals surface area contributed by atoms with Gasteiger partial charge in [-0.15, -0.1) is 0 Å². The highest BCUT2D eigenvalue weighted by atomic mass is 19.4. The van der Waals surface area contributed by atoms with Gasteiger partial charge in [0.05, 0.1) is 5.92 Å². The van der Waals surface area contributed by atoms with Crippen LogP contribution in [0.5, 0.6) is 0 Å².